The second-order valence-electron chi connectivity index (χ2n) is 6.69. The Balaban J connectivity index is 1.79. The van der Waals surface area contributed by atoms with Crippen LogP contribution in [0, 0.1) is 13.8 Å². The molecule has 5 nitrogen and oxygen atoms in total. The van der Waals surface area contributed by atoms with Crippen molar-refractivity contribution in [2.45, 2.75) is 31.7 Å². The number of aryl methyl sites for hydroxylation is 2. The molecule has 0 fully saturated rings. The Morgan fingerprint density at radius 3 is 2.11 bits per heavy atom. The van der Waals surface area contributed by atoms with E-state index in [0.717, 1.165) is 28.0 Å². The Kier molecular flexibility index (Phi) is 5.86. The fourth-order valence-corrected chi connectivity index (χ4v) is 5.10. The van der Waals surface area contributed by atoms with Crippen molar-refractivity contribution < 1.29 is 13.2 Å². The van der Waals surface area contributed by atoms with Crippen LogP contribution in [-0.2, 0) is 10.0 Å². The average molecular weight is 415 g/mol. The lowest BCUT2D eigenvalue weighted by Crippen LogP contribution is -2.27. The van der Waals surface area contributed by atoms with Crippen LogP contribution in [-0.4, -0.2) is 14.3 Å². The molecule has 0 radical (unpaired) electrons. The van der Waals surface area contributed by atoms with E-state index in [1.807, 2.05) is 57.2 Å². The number of carbonyl (C=O) groups excluding carboxylic acids is 1. The highest BCUT2D eigenvalue weighted by Crippen LogP contribution is 2.25. The van der Waals surface area contributed by atoms with Gasteiger partial charge in [-0.25, -0.2) is 8.42 Å². The number of carbonyl (C=O) groups is 1. The lowest BCUT2D eigenvalue weighted by molar-refractivity contribution is 0.0941. The fourth-order valence-electron chi connectivity index (χ4n) is 2.71. The third-order valence-electron chi connectivity index (χ3n) is 4.35. The molecule has 1 amide bonds. The first-order valence-corrected chi connectivity index (χ1v) is 11.2. The Morgan fingerprint density at radius 1 is 0.929 bits per heavy atom. The number of benzene rings is 2. The van der Waals surface area contributed by atoms with Crippen molar-refractivity contribution in [2.75, 3.05) is 4.72 Å². The summed E-state index contributed by atoms with van der Waals surface area (Å²) >= 11 is 1.11. The molecule has 0 aliphatic rings. The van der Waals surface area contributed by atoms with Gasteiger partial charge in [0.25, 0.3) is 15.9 Å². The minimum absolute atomic E-state index is 0.0216. The number of hydrogen-bond acceptors (Lipinski definition) is 4. The first-order valence-electron chi connectivity index (χ1n) is 8.80. The van der Waals surface area contributed by atoms with Crippen LogP contribution >= 0.6 is 11.3 Å². The van der Waals surface area contributed by atoms with Gasteiger partial charge in [0, 0.05) is 5.69 Å². The highest BCUT2D eigenvalue weighted by molar-refractivity contribution is 7.93. The number of anilines is 1. The predicted molar refractivity (Wildman–Crippen MR) is 113 cm³/mol. The Hall–Kier alpha value is -2.64. The first kappa shape index (κ1) is 20.1. The molecule has 0 aliphatic heterocycles. The molecule has 0 bridgehead atoms. The van der Waals surface area contributed by atoms with Crippen molar-refractivity contribution in [1.29, 1.82) is 0 Å². The molecule has 28 heavy (non-hydrogen) atoms. The fraction of sp³-hybridized carbons (Fsp3) is 0.190. The summed E-state index contributed by atoms with van der Waals surface area (Å²) in [4.78, 5) is 12.9. The largest absolute Gasteiger partial charge is 0.345 e. The normalized spacial score (nSPS) is 12.4. The van der Waals surface area contributed by atoms with Crippen molar-refractivity contribution in [2.24, 2.45) is 0 Å². The van der Waals surface area contributed by atoms with Crippen LogP contribution < -0.4 is 10.0 Å². The van der Waals surface area contributed by atoms with E-state index in [1.54, 1.807) is 17.5 Å². The number of sulfonamides is 1. The van der Waals surface area contributed by atoms with Crippen LogP contribution in [0.4, 0.5) is 5.69 Å². The molecular formula is C21H22N2O3S2. The third-order valence-corrected chi connectivity index (χ3v) is 6.82. The lowest BCUT2D eigenvalue weighted by atomic mass is 10.1. The van der Waals surface area contributed by atoms with E-state index in [0.29, 0.717) is 5.69 Å². The van der Waals surface area contributed by atoms with E-state index in [9.17, 15) is 13.2 Å². The van der Waals surface area contributed by atoms with Crippen LogP contribution in [0.3, 0.4) is 0 Å². The quantitative estimate of drug-likeness (QED) is 0.616. The zero-order valence-corrected chi connectivity index (χ0v) is 17.5. The third kappa shape index (κ3) is 4.61. The molecule has 3 rings (SSSR count). The van der Waals surface area contributed by atoms with E-state index < -0.39 is 15.9 Å². The summed E-state index contributed by atoms with van der Waals surface area (Å²) in [5.74, 6) is -0.410. The highest BCUT2D eigenvalue weighted by atomic mass is 32.2. The van der Waals surface area contributed by atoms with Gasteiger partial charge in [-0.3, -0.25) is 9.52 Å². The maximum Gasteiger partial charge on any atom is 0.263 e. The number of rotatable bonds is 6. The van der Waals surface area contributed by atoms with Gasteiger partial charge in [-0.15, -0.1) is 11.3 Å². The standard InChI is InChI=1S/C21H22N2O3S2/c1-14-4-8-17(9-5-14)16(3)22-21(24)20-19(12-13-27-20)28(25,26)23-18-10-6-15(2)7-11-18/h4-13,16,23H,1-3H3,(H,22,24). The van der Waals surface area contributed by atoms with Gasteiger partial charge < -0.3 is 5.32 Å². The van der Waals surface area contributed by atoms with Crippen LogP contribution in [0.25, 0.3) is 0 Å². The topological polar surface area (TPSA) is 75.3 Å². The Labute approximate surface area is 169 Å². The summed E-state index contributed by atoms with van der Waals surface area (Å²) in [7, 11) is -3.86. The molecule has 1 heterocycles. The van der Waals surface area contributed by atoms with Crippen LogP contribution in [0.5, 0.6) is 0 Å². The monoisotopic (exact) mass is 414 g/mol. The summed E-state index contributed by atoms with van der Waals surface area (Å²) in [6, 6.07) is 16.1. The molecule has 2 aromatic carbocycles. The highest BCUT2D eigenvalue weighted by Gasteiger charge is 2.25. The molecule has 0 aliphatic carbocycles. The molecule has 0 saturated carbocycles. The van der Waals surface area contributed by atoms with Crippen LogP contribution in [0.1, 0.15) is 39.3 Å². The first-order chi connectivity index (χ1) is 13.3. The predicted octanol–water partition coefficient (Wildman–Crippen LogP) is 4.66. The summed E-state index contributed by atoms with van der Waals surface area (Å²) in [6.07, 6.45) is 0. The molecular weight excluding hydrogens is 392 g/mol. The van der Waals surface area contributed by atoms with Gasteiger partial charge in [-0.05, 0) is 49.9 Å². The van der Waals surface area contributed by atoms with Gasteiger partial charge in [-0.2, -0.15) is 0 Å². The maximum atomic E-state index is 12.8. The maximum absolute atomic E-state index is 12.8. The van der Waals surface area contributed by atoms with E-state index in [2.05, 4.69) is 10.0 Å². The summed E-state index contributed by atoms with van der Waals surface area (Å²) in [6.45, 7) is 5.79. The number of hydrogen-bond donors (Lipinski definition) is 2. The minimum Gasteiger partial charge on any atom is -0.345 e. The minimum atomic E-state index is -3.86. The van der Waals surface area contributed by atoms with E-state index >= 15 is 0 Å². The molecule has 3 aromatic rings. The number of nitrogens with one attached hydrogen (secondary N) is 2. The molecule has 7 heteroatoms. The van der Waals surface area contributed by atoms with Gasteiger partial charge in [-0.1, -0.05) is 47.5 Å². The van der Waals surface area contributed by atoms with Crippen molar-refractivity contribution in [3.63, 3.8) is 0 Å². The summed E-state index contributed by atoms with van der Waals surface area (Å²) in [5, 5.41) is 4.49. The summed E-state index contributed by atoms with van der Waals surface area (Å²) < 4.78 is 28.1. The smallest absolute Gasteiger partial charge is 0.263 e. The zero-order chi connectivity index (χ0) is 20.3. The average Bonchev–Trinajstić information content (AvgIpc) is 3.15. The number of thiophene rings is 1. The number of amides is 1. The van der Waals surface area contributed by atoms with Crippen molar-refractivity contribution >= 4 is 33.0 Å². The molecule has 146 valence electrons. The van der Waals surface area contributed by atoms with Crippen LogP contribution in [0.15, 0.2) is 64.9 Å². The molecule has 1 aromatic heterocycles. The zero-order valence-electron chi connectivity index (χ0n) is 15.9. The van der Waals surface area contributed by atoms with E-state index in [4.69, 9.17) is 0 Å². The van der Waals surface area contributed by atoms with E-state index in [-0.39, 0.29) is 15.8 Å². The van der Waals surface area contributed by atoms with E-state index in [1.165, 1.54) is 6.07 Å². The van der Waals surface area contributed by atoms with Gasteiger partial charge in [0.15, 0.2) is 0 Å². The Morgan fingerprint density at radius 2 is 1.50 bits per heavy atom. The lowest BCUT2D eigenvalue weighted by Gasteiger charge is -2.15. The van der Waals surface area contributed by atoms with Gasteiger partial charge >= 0.3 is 0 Å². The van der Waals surface area contributed by atoms with Crippen molar-refractivity contribution in [3.8, 4) is 0 Å². The van der Waals surface area contributed by atoms with Crippen molar-refractivity contribution in [1.82, 2.24) is 5.32 Å². The second-order valence-corrected chi connectivity index (χ2v) is 9.26. The van der Waals surface area contributed by atoms with Crippen molar-refractivity contribution in [3.05, 3.63) is 81.5 Å². The van der Waals surface area contributed by atoms with Gasteiger partial charge in [0.2, 0.25) is 0 Å². The van der Waals surface area contributed by atoms with Gasteiger partial charge in [0.05, 0.1) is 6.04 Å². The molecule has 2 N–H and O–H groups in total. The molecule has 0 saturated heterocycles. The second kappa shape index (κ2) is 8.16. The molecule has 1 atom stereocenters. The summed E-state index contributed by atoms with van der Waals surface area (Å²) in [5.41, 5.74) is 3.58. The molecule has 0 spiro atoms. The molecule has 1 unspecified atom stereocenters. The SMILES string of the molecule is Cc1ccc(NS(=O)(=O)c2ccsc2C(=O)NC(C)c2ccc(C)cc2)cc1. The Bertz CT molecular complexity index is 1070. The van der Waals surface area contributed by atoms with Crippen LogP contribution in [0.2, 0.25) is 0 Å². The van der Waals surface area contributed by atoms with Gasteiger partial charge in [0.1, 0.15) is 9.77 Å².